The highest BCUT2D eigenvalue weighted by Crippen LogP contribution is 2.34. The third kappa shape index (κ3) is 4.99. The molecule has 0 aromatic heterocycles. The van der Waals surface area contributed by atoms with E-state index in [1.165, 1.54) is 7.11 Å². The maximum absolute atomic E-state index is 13.5. The number of anilines is 1. The molecule has 7 heteroatoms. The van der Waals surface area contributed by atoms with Crippen LogP contribution in [0.15, 0.2) is 70.5 Å². The van der Waals surface area contributed by atoms with Crippen molar-refractivity contribution in [3.63, 3.8) is 0 Å². The first-order valence-corrected chi connectivity index (χ1v) is 12.5. The highest BCUT2D eigenvalue weighted by molar-refractivity contribution is 7.91. The van der Waals surface area contributed by atoms with Crippen molar-refractivity contribution < 1.29 is 17.9 Å². The van der Waals surface area contributed by atoms with Gasteiger partial charge in [0.05, 0.1) is 19.1 Å². The van der Waals surface area contributed by atoms with Crippen LogP contribution < -0.4 is 14.8 Å². The molecular weight excluding hydrogens is 436 g/mol. The molecule has 1 N–H and O–H groups in total. The molecule has 1 aliphatic rings. The van der Waals surface area contributed by atoms with E-state index in [1.54, 1.807) is 37.4 Å². The second-order valence-corrected chi connectivity index (χ2v) is 10.2. The quantitative estimate of drug-likeness (QED) is 0.564. The van der Waals surface area contributed by atoms with E-state index in [4.69, 9.17) is 9.47 Å². The van der Waals surface area contributed by atoms with Crippen LogP contribution in [0.5, 0.6) is 11.5 Å². The van der Waals surface area contributed by atoms with Crippen LogP contribution in [-0.2, 0) is 29.2 Å². The number of methoxy groups -OCH3 is 2. The minimum Gasteiger partial charge on any atom is -0.496 e. The Hall–Kier alpha value is -3.03. The molecule has 0 unspecified atom stereocenters. The molecule has 174 valence electrons. The molecule has 1 aliphatic heterocycles. The predicted molar refractivity (Wildman–Crippen MR) is 130 cm³/mol. The number of likely N-dealkylation sites (N-methyl/N-ethyl adjacent to an activating group) is 1. The molecule has 0 atom stereocenters. The van der Waals surface area contributed by atoms with Crippen molar-refractivity contribution in [2.24, 2.45) is 0 Å². The first-order chi connectivity index (χ1) is 15.9. The summed E-state index contributed by atoms with van der Waals surface area (Å²) in [6, 6.07) is 18.3. The highest BCUT2D eigenvalue weighted by Gasteiger charge is 2.25. The third-order valence-electron chi connectivity index (χ3n) is 6.14. The minimum atomic E-state index is -3.72. The Morgan fingerprint density at radius 1 is 0.879 bits per heavy atom. The summed E-state index contributed by atoms with van der Waals surface area (Å²) < 4.78 is 37.9. The Bertz CT molecular complexity index is 1220. The summed E-state index contributed by atoms with van der Waals surface area (Å²) in [5.74, 6) is 1.21. The Morgan fingerprint density at radius 2 is 1.52 bits per heavy atom. The molecule has 0 saturated carbocycles. The second-order valence-electron chi connectivity index (χ2n) is 8.27. The molecular formula is C26H30N2O4S. The number of nitrogens with one attached hydrogen (secondary N) is 1. The fourth-order valence-electron chi connectivity index (χ4n) is 4.14. The predicted octanol–water partition coefficient (Wildman–Crippen LogP) is 4.18. The molecule has 4 rings (SSSR count). The largest absolute Gasteiger partial charge is 0.496 e. The molecule has 0 spiro atoms. The number of rotatable bonds is 7. The van der Waals surface area contributed by atoms with Crippen molar-refractivity contribution in [1.82, 2.24) is 4.90 Å². The average molecular weight is 467 g/mol. The molecule has 0 amide bonds. The fraction of sp³-hybridized carbons (Fsp3) is 0.308. The van der Waals surface area contributed by atoms with E-state index in [1.807, 2.05) is 30.3 Å². The van der Waals surface area contributed by atoms with Gasteiger partial charge in [-0.15, -0.1) is 0 Å². The van der Waals surface area contributed by atoms with E-state index in [0.29, 0.717) is 12.3 Å². The van der Waals surface area contributed by atoms with Gasteiger partial charge in [-0.3, -0.25) is 0 Å². The van der Waals surface area contributed by atoms with Crippen molar-refractivity contribution in [3.05, 3.63) is 77.4 Å². The van der Waals surface area contributed by atoms with E-state index in [0.717, 1.165) is 54.1 Å². The fourth-order valence-corrected chi connectivity index (χ4v) is 5.59. The summed E-state index contributed by atoms with van der Waals surface area (Å²) in [7, 11) is 1.53. The van der Waals surface area contributed by atoms with E-state index < -0.39 is 9.84 Å². The molecule has 0 saturated heterocycles. The Morgan fingerprint density at radius 3 is 2.18 bits per heavy atom. The summed E-state index contributed by atoms with van der Waals surface area (Å²) in [5.41, 5.74) is 4.09. The lowest BCUT2D eigenvalue weighted by Crippen LogP contribution is -2.20. The van der Waals surface area contributed by atoms with E-state index in [-0.39, 0.29) is 9.79 Å². The molecule has 3 aromatic carbocycles. The summed E-state index contributed by atoms with van der Waals surface area (Å²) >= 11 is 0. The van der Waals surface area contributed by atoms with Crippen LogP contribution in [0.3, 0.4) is 0 Å². The summed E-state index contributed by atoms with van der Waals surface area (Å²) in [6.45, 7) is 2.43. The Kier molecular flexibility index (Phi) is 6.91. The molecule has 6 nitrogen and oxygen atoms in total. The topological polar surface area (TPSA) is 67.9 Å². The van der Waals surface area contributed by atoms with Crippen molar-refractivity contribution in [3.8, 4) is 11.5 Å². The number of nitrogens with zero attached hydrogens (tertiary/aromatic N) is 1. The van der Waals surface area contributed by atoms with Crippen LogP contribution in [-0.4, -0.2) is 47.7 Å². The van der Waals surface area contributed by atoms with E-state index in [9.17, 15) is 8.42 Å². The molecule has 0 bridgehead atoms. The smallest absolute Gasteiger partial charge is 0.210 e. The number of fused-ring (bicyclic) bond motifs is 1. The SMILES string of the molecule is COc1ccccc1CNc1ccc(S(=O)(=O)c2cc3c(cc2OC)CCN(C)CC3)cc1. The minimum absolute atomic E-state index is 0.225. The number of benzene rings is 3. The number of hydrogen-bond acceptors (Lipinski definition) is 6. The Labute approximate surface area is 196 Å². The van der Waals surface area contributed by atoms with Crippen LogP contribution in [0.4, 0.5) is 5.69 Å². The zero-order valence-electron chi connectivity index (χ0n) is 19.3. The molecule has 0 aliphatic carbocycles. The van der Waals surface area contributed by atoms with Crippen LogP contribution in [0.25, 0.3) is 0 Å². The molecule has 0 fully saturated rings. The lowest BCUT2D eigenvalue weighted by molar-refractivity contribution is 0.352. The molecule has 1 heterocycles. The summed E-state index contributed by atoms with van der Waals surface area (Å²) in [5, 5.41) is 3.32. The molecule has 33 heavy (non-hydrogen) atoms. The van der Waals surface area contributed by atoms with Gasteiger partial charge in [-0.2, -0.15) is 0 Å². The van der Waals surface area contributed by atoms with Crippen LogP contribution in [0.2, 0.25) is 0 Å². The first kappa shape index (κ1) is 23.1. The van der Waals surface area contributed by atoms with Crippen LogP contribution >= 0.6 is 0 Å². The van der Waals surface area contributed by atoms with Crippen molar-refractivity contribution >= 4 is 15.5 Å². The van der Waals surface area contributed by atoms with Crippen LogP contribution in [0, 0.1) is 0 Å². The van der Waals surface area contributed by atoms with Gasteiger partial charge in [-0.25, -0.2) is 8.42 Å². The number of hydrogen-bond donors (Lipinski definition) is 1. The van der Waals surface area contributed by atoms with Crippen molar-refractivity contribution in [1.29, 1.82) is 0 Å². The first-order valence-electron chi connectivity index (χ1n) is 11.0. The van der Waals surface area contributed by atoms with Gasteiger partial charge < -0.3 is 19.7 Å². The lowest BCUT2D eigenvalue weighted by Gasteiger charge is -2.15. The van der Waals surface area contributed by atoms with Crippen LogP contribution in [0.1, 0.15) is 16.7 Å². The molecule has 0 radical (unpaired) electrons. The standard InChI is InChI=1S/C26H30N2O4S/c1-28-14-12-19-16-25(32-3)26(17-20(19)13-15-28)33(29,30)23-10-8-22(9-11-23)27-18-21-6-4-5-7-24(21)31-2/h4-11,16-17,27H,12-15,18H2,1-3H3. The zero-order chi connectivity index (χ0) is 23.4. The monoisotopic (exact) mass is 466 g/mol. The average Bonchev–Trinajstić information content (AvgIpc) is 3.03. The number of sulfone groups is 1. The lowest BCUT2D eigenvalue weighted by atomic mass is 10.0. The molecule has 3 aromatic rings. The van der Waals surface area contributed by atoms with Gasteiger partial charge in [0.15, 0.2) is 0 Å². The van der Waals surface area contributed by atoms with E-state index >= 15 is 0 Å². The third-order valence-corrected chi connectivity index (χ3v) is 7.93. The highest BCUT2D eigenvalue weighted by atomic mass is 32.2. The van der Waals surface area contributed by atoms with Crippen molar-refractivity contribution in [2.75, 3.05) is 39.7 Å². The zero-order valence-corrected chi connectivity index (χ0v) is 20.1. The maximum atomic E-state index is 13.5. The van der Waals surface area contributed by atoms with Gasteiger partial charge in [0.2, 0.25) is 9.84 Å². The normalized spacial score (nSPS) is 14.3. The van der Waals surface area contributed by atoms with Gasteiger partial charge >= 0.3 is 0 Å². The van der Waals surface area contributed by atoms with Crippen molar-refractivity contribution in [2.45, 2.75) is 29.2 Å². The summed E-state index contributed by atoms with van der Waals surface area (Å²) in [4.78, 5) is 2.73. The van der Waals surface area contributed by atoms with Gasteiger partial charge in [-0.1, -0.05) is 18.2 Å². The number of ether oxygens (including phenoxy) is 2. The summed E-state index contributed by atoms with van der Waals surface area (Å²) in [6.07, 6.45) is 1.71. The van der Waals surface area contributed by atoms with Gasteiger partial charge in [-0.05, 0) is 73.5 Å². The van der Waals surface area contributed by atoms with Gasteiger partial charge in [0, 0.05) is 30.9 Å². The second kappa shape index (κ2) is 9.85. The van der Waals surface area contributed by atoms with Gasteiger partial charge in [0.25, 0.3) is 0 Å². The Balaban J connectivity index is 1.57. The maximum Gasteiger partial charge on any atom is 0.210 e. The van der Waals surface area contributed by atoms with E-state index in [2.05, 4.69) is 17.3 Å². The van der Waals surface area contributed by atoms with Gasteiger partial charge in [0.1, 0.15) is 16.4 Å². The number of para-hydroxylation sites is 1.